The molecule has 1 fully saturated rings. The van der Waals surface area contributed by atoms with Crippen LogP contribution in [0.25, 0.3) is 10.9 Å². The standard InChI is InChI=1S/C18H14N2O4S2/c1-19-16(17(21)25-18(19)22)14-8-5-9-15-13(14)10-11-20(15)26(23,24)12-6-3-2-4-7-12/h2-11,16H,1H3. The Bertz CT molecular complexity index is 1140. The summed E-state index contributed by atoms with van der Waals surface area (Å²) in [5, 5.41) is 0.0597. The molecule has 0 aliphatic carbocycles. The van der Waals surface area contributed by atoms with Gasteiger partial charge in [-0.25, -0.2) is 12.4 Å². The molecule has 2 aromatic carbocycles. The van der Waals surface area contributed by atoms with Crippen LogP contribution in [-0.2, 0) is 14.8 Å². The molecule has 132 valence electrons. The normalized spacial score (nSPS) is 18.0. The second kappa shape index (κ2) is 6.00. The number of hydrogen-bond acceptors (Lipinski definition) is 5. The van der Waals surface area contributed by atoms with E-state index in [1.165, 1.54) is 27.2 Å². The van der Waals surface area contributed by atoms with Gasteiger partial charge in [-0.2, -0.15) is 0 Å². The number of nitrogens with zero attached hydrogens (tertiary/aromatic N) is 2. The maximum absolute atomic E-state index is 12.9. The number of amides is 1. The number of aromatic nitrogens is 1. The van der Waals surface area contributed by atoms with Gasteiger partial charge in [0.1, 0.15) is 6.04 Å². The number of benzene rings is 2. The molecular formula is C18H14N2O4S2. The fourth-order valence-electron chi connectivity index (χ4n) is 3.13. The Kier molecular flexibility index (Phi) is 3.89. The number of thioether (sulfide) groups is 1. The van der Waals surface area contributed by atoms with Gasteiger partial charge in [0.15, 0.2) is 0 Å². The fourth-order valence-corrected chi connectivity index (χ4v) is 5.32. The minimum Gasteiger partial charge on any atom is -0.321 e. The molecule has 1 aliphatic rings. The van der Waals surface area contributed by atoms with Gasteiger partial charge in [-0.15, -0.1) is 0 Å². The summed E-state index contributed by atoms with van der Waals surface area (Å²) in [5.41, 5.74) is 1.09. The summed E-state index contributed by atoms with van der Waals surface area (Å²) in [6.45, 7) is 0. The number of rotatable bonds is 3. The molecule has 0 saturated carbocycles. The zero-order valence-electron chi connectivity index (χ0n) is 13.7. The summed E-state index contributed by atoms with van der Waals surface area (Å²) in [4.78, 5) is 25.6. The Balaban J connectivity index is 1.90. The van der Waals surface area contributed by atoms with Gasteiger partial charge < -0.3 is 4.90 Å². The lowest BCUT2D eigenvalue weighted by Gasteiger charge is -2.18. The Labute approximate surface area is 154 Å². The van der Waals surface area contributed by atoms with Crippen molar-refractivity contribution in [1.82, 2.24) is 8.87 Å². The van der Waals surface area contributed by atoms with E-state index < -0.39 is 16.1 Å². The first-order valence-corrected chi connectivity index (χ1v) is 10.1. The van der Waals surface area contributed by atoms with Crippen molar-refractivity contribution in [3.8, 4) is 0 Å². The highest BCUT2D eigenvalue weighted by Crippen LogP contribution is 2.38. The molecule has 0 spiro atoms. The summed E-state index contributed by atoms with van der Waals surface area (Å²) in [6.07, 6.45) is 1.48. The molecule has 4 rings (SSSR count). The summed E-state index contributed by atoms with van der Waals surface area (Å²) >= 11 is 0.672. The molecule has 3 aromatic rings. The predicted octanol–water partition coefficient (Wildman–Crippen LogP) is 3.24. The smallest absolute Gasteiger partial charge is 0.289 e. The third-order valence-electron chi connectivity index (χ3n) is 4.41. The maximum atomic E-state index is 12.9. The lowest BCUT2D eigenvalue weighted by atomic mass is 10.0. The van der Waals surface area contributed by atoms with E-state index in [0.29, 0.717) is 28.2 Å². The van der Waals surface area contributed by atoms with Crippen molar-refractivity contribution in [3.63, 3.8) is 0 Å². The maximum Gasteiger partial charge on any atom is 0.289 e. The average molecular weight is 386 g/mol. The topological polar surface area (TPSA) is 76.5 Å². The number of fused-ring (bicyclic) bond motifs is 1. The van der Waals surface area contributed by atoms with Crippen LogP contribution >= 0.6 is 11.8 Å². The first-order valence-electron chi connectivity index (χ1n) is 7.80. The molecule has 26 heavy (non-hydrogen) atoms. The SMILES string of the molecule is CN1C(=O)SC(=O)C1c1cccc2c1ccn2S(=O)(=O)c1ccccc1. The first kappa shape index (κ1) is 16.9. The lowest BCUT2D eigenvalue weighted by molar-refractivity contribution is -0.113. The van der Waals surface area contributed by atoms with Crippen LogP contribution < -0.4 is 0 Å². The van der Waals surface area contributed by atoms with Gasteiger partial charge in [-0.05, 0) is 29.8 Å². The monoisotopic (exact) mass is 386 g/mol. The van der Waals surface area contributed by atoms with Crippen molar-refractivity contribution in [2.75, 3.05) is 7.05 Å². The third kappa shape index (κ3) is 2.45. The van der Waals surface area contributed by atoms with E-state index in [4.69, 9.17) is 0 Å². The molecule has 2 heterocycles. The Morgan fingerprint density at radius 2 is 1.69 bits per heavy atom. The average Bonchev–Trinajstić information content (AvgIpc) is 3.17. The zero-order valence-corrected chi connectivity index (χ0v) is 15.3. The van der Waals surface area contributed by atoms with Crippen LogP contribution in [0, 0.1) is 0 Å². The van der Waals surface area contributed by atoms with Crippen molar-refractivity contribution in [2.24, 2.45) is 0 Å². The van der Waals surface area contributed by atoms with Gasteiger partial charge in [0.2, 0.25) is 5.12 Å². The molecule has 8 heteroatoms. The van der Waals surface area contributed by atoms with Crippen molar-refractivity contribution in [3.05, 3.63) is 66.4 Å². The molecule has 0 N–H and O–H groups in total. The molecule has 1 amide bonds. The zero-order chi connectivity index (χ0) is 18.5. The predicted molar refractivity (Wildman–Crippen MR) is 99.5 cm³/mol. The van der Waals surface area contributed by atoms with Crippen LogP contribution in [0.1, 0.15) is 11.6 Å². The first-order chi connectivity index (χ1) is 12.4. The second-order valence-electron chi connectivity index (χ2n) is 5.91. The molecule has 1 aromatic heterocycles. The quantitative estimate of drug-likeness (QED) is 0.691. The summed E-state index contributed by atoms with van der Waals surface area (Å²) < 4.78 is 27.1. The van der Waals surface area contributed by atoms with Crippen LogP contribution in [-0.4, -0.2) is 34.7 Å². The van der Waals surface area contributed by atoms with Gasteiger partial charge in [0.05, 0.1) is 10.4 Å². The lowest BCUT2D eigenvalue weighted by Crippen LogP contribution is -2.23. The van der Waals surface area contributed by atoms with Crippen LogP contribution in [0.15, 0.2) is 65.7 Å². The molecule has 1 atom stereocenters. The highest BCUT2D eigenvalue weighted by Gasteiger charge is 2.39. The van der Waals surface area contributed by atoms with E-state index in [2.05, 4.69) is 0 Å². The molecule has 1 aliphatic heterocycles. The summed E-state index contributed by atoms with van der Waals surface area (Å²) in [7, 11) is -2.18. The highest BCUT2D eigenvalue weighted by molar-refractivity contribution is 8.26. The molecular weight excluding hydrogens is 372 g/mol. The molecule has 1 saturated heterocycles. The number of carbonyl (C=O) groups excluding carboxylic acids is 2. The second-order valence-corrected chi connectivity index (χ2v) is 8.68. The third-order valence-corrected chi connectivity index (χ3v) is 7.00. The molecule has 6 nitrogen and oxygen atoms in total. The Morgan fingerprint density at radius 1 is 0.962 bits per heavy atom. The van der Waals surface area contributed by atoms with Gasteiger partial charge in [-0.3, -0.25) is 9.59 Å². The largest absolute Gasteiger partial charge is 0.321 e. The van der Waals surface area contributed by atoms with Crippen molar-refractivity contribution < 1.29 is 18.0 Å². The number of hydrogen-bond donors (Lipinski definition) is 0. The Morgan fingerprint density at radius 3 is 2.35 bits per heavy atom. The fraction of sp³-hybridized carbons (Fsp3) is 0.111. The summed E-state index contributed by atoms with van der Waals surface area (Å²) in [5.74, 6) is 0. The van der Waals surface area contributed by atoms with Crippen molar-refractivity contribution in [2.45, 2.75) is 10.9 Å². The van der Waals surface area contributed by atoms with Crippen LogP contribution in [0.5, 0.6) is 0 Å². The van der Waals surface area contributed by atoms with Crippen molar-refractivity contribution >= 4 is 43.0 Å². The Hall–Kier alpha value is -2.58. The van der Waals surface area contributed by atoms with Crippen LogP contribution in [0.3, 0.4) is 0 Å². The minimum atomic E-state index is -3.75. The summed E-state index contributed by atoms with van der Waals surface area (Å²) in [6, 6.07) is 14.2. The van der Waals surface area contributed by atoms with Gasteiger partial charge in [0, 0.05) is 30.4 Å². The van der Waals surface area contributed by atoms with E-state index in [-0.39, 0.29) is 15.2 Å². The van der Waals surface area contributed by atoms with Crippen LogP contribution in [0.2, 0.25) is 0 Å². The molecule has 0 radical (unpaired) electrons. The number of carbonyl (C=O) groups is 2. The van der Waals surface area contributed by atoms with Gasteiger partial charge >= 0.3 is 0 Å². The highest BCUT2D eigenvalue weighted by atomic mass is 32.2. The van der Waals surface area contributed by atoms with E-state index >= 15 is 0 Å². The van der Waals surface area contributed by atoms with Gasteiger partial charge in [-0.1, -0.05) is 30.3 Å². The van der Waals surface area contributed by atoms with Crippen LogP contribution in [0.4, 0.5) is 4.79 Å². The van der Waals surface area contributed by atoms with E-state index in [1.807, 2.05) is 0 Å². The van der Waals surface area contributed by atoms with E-state index in [9.17, 15) is 18.0 Å². The molecule has 0 bridgehead atoms. The van der Waals surface area contributed by atoms with Crippen molar-refractivity contribution in [1.29, 1.82) is 0 Å². The van der Waals surface area contributed by atoms with E-state index in [1.54, 1.807) is 49.5 Å². The van der Waals surface area contributed by atoms with Gasteiger partial charge in [0.25, 0.3) is 15.3 Å². The molecule has 1 unspecified atom stereocenters. The minimum absolute atomic E-state index is 0.183. The number of likely N-dealkylation sites (N-methyl/N-ethyl adjacent to an activating group) is 1. The van der Waals surface area contributed by atoms with E-state index in [0.717, 1.165) is 0 Å².